The molecular weight excluding hydrogens is 286 g/mol. The Kier molecular flexibility index (Phi) is 3.82. The fourth-order valence-corrected chi connectivity index (χ4v) is 3.01. The van der Waals surface area contributed by atoms with Gasteiger partial charge in [0.05, 0.1) is 18.8 Å². The largest absolute Gasteiger partial charge is 0.367 e. The molecule has 0 bridgehead atoms. The lowest BCUT2D eigenvalue weighted by Gasteiger charge is -2.33. The van der Waals surface area contributed by atoms with E-state index in [2.05, 4.69) is 26.2 Å². The molecule has 21 heavy (non-hydrogen) atoms. The molecule has 0 radical (unpaired) electrons. The second-order valence-corrected chi connectivity index (χ2v) is 5.82. The first-order valence-corrected chi connectivity index (χ1v) is 7.58. The molecule has 0 spiro atoms. The number of hydrogen-bond donors (Lipinski definition) is 0. The Morgan fingerprint density at radius 1 is 1.43 bits per heavy atom. The first-order valence-electron chi connectivity index (χ1n) is 6.70. The Labute approximate surface area is 127 Å². The minimum atomic E-state index is -0.0753. The predicted octanol–water partition coefficient (Wildman–Crippen LogP) is 2.00. The zero-order chi connectivity index (χ0) is 14.8. The van der Waals surface area contributed by atoms with Crippen LogP contribution >= 0.6 is 11.3 Å². The topological polar surface area (TPSA) is 74.9 Å². The molecule has 2 aromatic rings. The summed E-state index contributed by atoms with van der Waals surface area (Å²) in [4.78, 5) is 6.37. The van der Waals surface area contributed by atoms with Crippen LogP contribution in [0.5, 0.6) is 0 Å². The average Bonchev–Trinajstić information content (AvgIpc) is 3.04. The van der Waals surface area contributed by atoms with Crippen LogP contribution in [0.15, 0.2) is 11.6 Å². The molecule has 1 fully saturated rings. The lowest BCUT2D eigenvalue weighted by Crippen LogP contribution is -2.39. The number of aryl methyl sites for hydroxylation is 1. The molecule has 0 N–H and O–H groups in total. The fourth-order valence-electron chi connectivity index (χ4n) is 2.34. The summed E-state index contributed by atoms with van der Waals surface area (Å²) in [6.07, 6.45) is 1.70. The molecular formula is C14H15N5OS. The molecule has 0 aromatic carbocycles. The van der Waals surface area contributed by atoms with Crippen LogP contribution in [-0.2, 0) is 4.74 Å². The van der Waals surface area contributed by atoms with Crippen LogP contribution < -0.4 is 4.90 Å². The van der Waals surface area contributed by atoms with Gasteiger partial charge in [-0.3, -0.25) is 0 Å². The average molecular weight is 301 g/mol. The zero-order valence-corrected chi connectivity index (χ0v) is 12.7. The van der Waals surface area contributed by atoms with Crippen LogP contribution in [-0.4, -0.2) is 34.9 Å². The van der Waals surface area contributed by atoms with Crippen molar-refractivity contribution in [3.63, 3.8) is 0 Å². The van der Waals surface area contributed by atoms with Crippen LogP contribution in [0.4, 0.5) is 5.82 Å². The minimum Gasteiger partial charge on any atom is -0.367 e. The molecule has 0 aliphatic carbocycles. The van der Waals surface area contributed by atoms with E-state index >= 15 is 0 Å². The molecule has 7 heteroatoms. The summed E-state index contributed by atoms with van der Waals surface area (Å²) in [5, 5.41) is 20.7. The normalized spacial score (nSPS) is 18.5. The summed E-state index contributed by atoms with van der Waals surface area (Å²) < 4.78 is 5.78. The van der Waals surface area contributed by atoms with Crippen LogP contribution in [0.1, 0.15) is 27.9 Å². The van der Waals surface area contributed by atoms with Crippen molar-refractivity contribution in [3.05, 3.63) is 33.4 Å². The van der Waals surface area contributed by atoms with Crippen molar-refractivity contribution in [2.75, 3.05) is 24.6 Å². The molecule has 0 saturated carbocycles. The first-order chi connectivity index (χ1) is 10.2. The van der Waals surface area contributed by atoms with E-state index in [9.17, 15) is 5.26 Å². The van der Waals surface area contributed by atoms with Crippen LogP contribution in [0.2, 0.25) is 0 Å². The van der Waals surface area contributed by atoms with Crippen LogP contribution in [0, 0.1) is 25.2 Å². The SMILES string of the molecule is Cc1nnc(N2CCOC(c3nccs3)C2)c(C#N)c1C. The summed E-state index contributed by atoms with van der Waals surface area (Å²) in [7, 11) is 0. The Morgan fingerprint density at radius 3 is 3.00 bits per heavy atom. The van der Waals surface area contributed by atoms with E-state index in [-0.39, 0.29) is 6.10 Å². The van der Waals surface area contributed by atoms with E-state index in [1.165, 1.54) is 0 Å². The molecule has 1 saturated heterocycles. The summed E-state index contributed by atoms with van der Waals surface area (Å²) >= 11 is 1.58. The van der Waals surface area contributed by atoms with Crippen molar-refractivity contribution >= 4 is 17.2 Å². The van der Waals surface area contributed by atoms with E-state index in [1.807, 2.05) is 19.2 Å². The van der Waals surface area contributed by atoms with E-state index in [4.69, 9.17) is 4.74 Å². The second kappa shape index (κ2) is 5.76. The lowest BCUT2D eigenvalue weighted by atomic mass is 10.1. The van der Waals surface area contributed by atoms with Gasteiger partial charge in [0, 0.05) is 18.1 Å². The Morgan fingerprint density at radius 2 is 2.29 bits per heavy atom. The van der Waals surface area contributed by atoms with Crippen LogP contribution in [0.25, 0.3) is 0 Å². The molecule has 1 unspecified atom stereocenters. The van der Waals surface area contributed by atoms with E-state index in [1.54, 1.807) is 17.5 Å². The smallest absolute Gasteiger partial charge is 0.169 e. The molecule has 1 aliphatic rings. The zero-order valence-electron chi connectivity index (χ0n) is 11.9. The molecule has 3 heterocycles. The predicted molar refractivity (Wildman–Crippen MR) is 79.2 cm³/mol. The van der Waals surface area contributed by atoms with Crippen molar-refractivity contribution in [1.29, 1.82) is 5.26 Å². The van der Waals surface area contributed by atoms with Gasteiger partial charge >= 0.3 is 0 Å². The van der Waals surface area contributed by atoms with Gasteiger partial charge in [-0.1, -0.05) is 0 Å². The number of rotatable bonds is 2. The van der Waals surface area contributed by atoms with E-state index in [0.29, 0.717) is 31.1 Å². The summed E-state index contributed by atoms with van der Waals surface area (Å²) in [6, 6.07) is 2.25. The Bertz CT molecular complexity index is 679. The van der Waals surface area contributed by atoms with Gasteiger partial charge in [-0.05, 0) is 19.4 Å². The molecule has 3 rings (SSSR count). The van der Waals surface area contributed by atoms with E-state index < -0.39 is 0 Å². The Balaban J connectivity index is 1.91. The maximum Gasteiger partial charge on any atom is 0.169 e. The number of aromatic nitrogens is 3. The molecule has 0 amide bonds. The quantitative estimate of drug-likeness (QED) is 0.844. The number of anilines is 1. The molecule has 1 aliphatic heterocycles. The third kappa shape index (κ3) is 2.60. The van der Waals surface area contributed by atoms with E-state index in [0.717, 1.165) is 16.3 Å². The van der Waals surface area contributed by atoms with Gasteiger partial charge in [-0.25, -0.2) is 4.98 Å². The lowest BCUT2D eigenvalue weighted by molar-refractivity contribution is 0.0393. The monoisotopic (exact) mass is 301 g/mol. The van der Waals surface area contributed by atoms with Gasteiger partial charge in [0.15, 0.2) is 5.82 Å². The summed E-state index contributed by atoms with van der Waals surface area (Å²) in [6.45, 7) is 5.70. The van der Waals surface area contributed by atoms with Crippen molar-refractivity contribution in [2.45, 2.75) is 20.0 Å². The highest BCUT2D eigenvalue weighted by molar-refractivity contribution is 7.09. The maximum absolute atomic E-state index is 9.42. The maximum atomic E-state index is 9.42. The first kappa shape index (κ1) is 13.9. The van der Waals surface area contributed by atoms with Gasteiger partial charge in [0.25, 0.3) is 0 Å². The number of morpholine rings is 1. The van der Waals surface area contributed by atoms with Crippen LogP contribution in [0.3, 0.4) is 0 Å². The fraction of sp³-hybridized carbons (Fsp3) is 0.429. The highest BCUT2D eigenvalue weighted by Crippen LogP contribution is 2.28. The van der Waals surface area contributed by atoms with Gasteiger partial charge in [-0.15, -0.1) is 16.4 Å². The molecule has 108 valence electrons. The number of thiazole rings is 1. The summed E-state index contributed by atoms with van der Waals surface area (Å²) in [5.41, 5.74) is 2.28. The Hall–Kier alpha value is -2.04. The number of nitriles is 1. The molecule has 1 atom stereocenters. The summed E-state index contributed by atoms with van der Waals surface area (Å²) in [5.74, 6) is 0.644. The van der Waals surface area contributed by atoms with Gasteiger partial charge < -0.3 is 9.64 Å². The third-order valence-corrected chi connectivity index (χ3v) is 4.51. The highest BCUT2D eigenvalue weighted by Gasteiger charge is 2.27. The highest BCUT2D eigenvalue weighted by atomic mass is 32.1. The van der Waals surface area contributed by atoms with Gasteiger partial charge in [-0.2, -0.15) is 10.4 Å². The van der Waals surface area contributed by atoms with Gasteiger partial charge in [0.1, 0.15) is 22.7 Å². The number of ether oxygens (including phenoxy) is 1. The molecule has 6 nitrogen and oxygen atoms in total. The third-order valence-electron chi connectivity index (χ3n) is 3.64. The van der Waals surface area contributed by atoms with Crippen molar-refractivity contribution in [2.24, 2.45) is 0 Å². The van der Waals surface area contributed by atoms with Crippen molar-refractivity contribution in [3.8, 4) is 6.07 Å². The van der Waals surface area contributed by atoms with Gasteiger partial charge in [0.2, 0.25) is 0 Å². The standard InChI is InChI=1S/C14H15N5OS/c1-9-10(2)17-18-13(11(9)7-15)19-4-5-20-12(8-19)14-16-3-6-21-14/h3,6,12H,4-5,8H2,1-2H3. The number of nitrogens with zero attached hydrogens (tertiary/aromatic N) is 5. The molecule has 2 aromatic heterocycles. The van der Waals surface area contributed by atoms with Crippen molar-refractivity contribution < 1.29 is 4.74 Å². The number of hydrogen-bond acceptors (Lipinski definition) is 7. The van der Waals surface area contributed by atoms with Crippen molar-refractivity contribution in [1.82, 2.24) is 15.2 Å². The second-order valence-electron chi connectivity index (χ2n) is 4.90. The minimum absolute atomic E-state index is 0.0753.